The molecule has 0 saturated carbocycles. The second-order valence-electron chi connectivity index (χ2n) is 6.60. The molecule has 0 fully saturated rings. The van der Waals surface area contributed by atoms with Crippen molar-refractivity contribution in [2.45, 2.75) is 12.1 Å². The summed E-state index contributed by atoms with van der Waals surface area (Å²) in [5.74, 6) is 0.0445. The van der Waals surface area contributed by atoms with Crippen LogP contribution in [-0.2, 0) is 4.79 Å². The van der Waals surface area contributed by atoms with Crippen LogP contribution in [0.2, 0.25) is 5.02 Å². The molecule has 3 rings (SSSR count). The number of amides is 1. The van der Waals surface area contributed by atoms with Crippen molar-refractivity contribution in [2.75, 3.05) is 18.8 Å². The van der Waals surface area contributed by atoms with Gasteiger partial charge in [0.1, 0.15) is 0 Å². The second kappa shape index (κ2) is 9.78. The van der Waals surface area contributed by atoms with Crippen molar-refractivity contribution >= 4 is 40.2 Å². The van der Waals surface area contributed by atoms with Crippen LogP contribution in [0.1, 0.15) is 5.56 Å². The van der Waals surface area contributed by atoms with Crippen LogP contribution < -0.4 is 5.56 Å². The third kappa shape index (κ3) is 4.50. The van der Waals surface area contributed by atoms with Gasteiger partial charge in [0, 0.05) is 18.1 Å². The summed E-state index contributed by atoms with van der Waals surface area (Å²) < 4.78 is 1.53. The third-order valence-corrected chi connectivity index (χ3v) is 5.93. The van der Waals surface area contributed by atoms with Crippen molar-refractivity contribution in [3.63, 3.8) is 0 Å². The first kappa shape index (κ1) is 21.9. The SMILES string of the molecule is C=CCN(CC=C)C(=O)CSc1nc2ccccc2c(=O)n1-c1cccc(Cl)c1C. The van der Waals surface area contributed by atoms with E-state index in [2.05, 4.69) is 18.1 Å². The topological polar surface area (TPSA) is 55.2 Å². The van der Waals surface area contributed by atoms with Gasteiger partial charge in [0.25, 0.3) is 5.56 Å². The van der Waals surface area contributed by atoms with E-state index in [9.17, 15) is 9.59 Å². The van der Waals surface area contributed by atoms with Crippen LogP contribution in [0.15, 0.2) is 77.7 Å². The number of para-hydroxylation sites is 1. The van der Waals surface area contributed by atoms with Crippen molar-refractivity contribution in [1.29, 1.82) is 0 Å². The van der Waals surface area contributed by atoms with Crippen molar-refractivity contribution in [3.05, 3.63) is 88.7 Å². The predicted octanol–water partition coefficient (Wildman–Crippen LogP) is 4.64. The first-order valence-corrected chi connectivity index (χ1v) is 10.7. The van der Waals surface area contributed by atoms with Crippen LogP contribution in [0.4, 0.5) is 0 Å². The fourth-order valence-electron chi connectivity index (χ4n) is 3.07. The average molecular weight is 440 g/mol. The standard InChI is InChI=1S/C23H22ClN3O2S/c1-4-13-26(14-5-2)21(28)15-30-23-25-19-11-7-6-9-17(19)22(29)27(23)20-12-8-10-18(24)16(20)3/h4-12H,1-2,13-15H2,3H3. The lowest BCUT2D eigenvalue weighted by Crippen LogP contribution is -2.33. The highest BCUT2D eigenvalue weighted by Crippen LogP contribution is 2.26. The van der Waals surface area contributed by atoms with Gasteiger partial charge in [-0.15, -0.1) is 13.2 Å². The fraction of sp³-hybridized carbons (Fsp3) is 0.174. The molecular formula is C23H22ClN3O2S. The minimum absolute atomic E-state index is 0.0865. The number of hydrogen-bond donors (Lipinski definition) is 0. The Bertz CT molecular complexity index is 1160. The van der Waals surface area contributed by atoms with Crippen molar-refractivity contribution in [1.82, 2.24) is 14.5 Å². The summed E-state index contributed by atoms with van der Waals surface area (Å²) in [6.45, 7) is 10.1. The largest absolute Gasteiger partial charge is 0.335 e. The molecule has 0 bridgehead atoms. The molecular weight excluding hydrogens is 418 g/mol. The molecule has 0 N–H and O–H groups in total. The molecule has 1 aromatic heterocycles. The number of nitrogens with zero attached hydrogens (tertiary/aromatic N) is 3. The maximum atomic E-state index is 13.3. The summed E-state index contributed by atoms with van der Waals surface area (Å²) in [6.07, 6.45) is 3.34. The lowest BCUT2D eigenvalue weighted by atomic mass is 10.2. The van der Waals surface area contributed by atoms with Gasteiger partial charge < -0.3 is 4.90 Å². The van der Waals surface area contributed by atoms with Gasteiger partial charge >= 0.3 is 0 Å². The monoisotopic (exact) mass is 439 g/mol. The minimum Gasteiger partial charge on any atom is -0.335 e. The zero-order valence-corrected chi connectivity index (χ0v) is 18.2. The van der Waals surface area contributed by atoms with Gasteiger partial charge in [-0.2, -0.15) is 0 Å². The van der Waals surface area contributed by atoms with Gasteiger partial charge in [-0.1, -0.05) is 53.7 Å². The molecule has 30 heavy (non-hydrogen) atoms. The number of carbonyl (C=O) groups is 1. The van der Waals surface area contributed by atoms with E-state index in [0.717, 1.165) is 5.56 Å². The highest BCUT2D eigenvalue weighted by Gasteiger charge is 2.18. The minimum atomic E-state index is -0.199. The summed E-state index contributed by atoms with van der Waals surface area (Å²) >= 11 is 7.53. The predicted molar refractivity (Wildman–Crippen MR) is 125 cm³/mol. The number of thioether (sulfide) groups is 1. The van der Waals surface area contributed by atoms with E-state index >= 15 is 0 Å². The second-order valence-corrected chi connectivity index (χ2v) is 7.95. The van der Waals surface area contributed by atoms with Gasteiger partial charge in [0.05, 0.1) is 22.3 Å². The van der Waals surface area contributed by atoms with Gasteiger partial charge in [0.2, 0.25) is 5.91 Å². The summed E-state index contributed by atoms with van der Waals surface area (Å²) in [5, 5.41) is 1.50. The first-order valence-electron chi connectivity index (χ1n) is 9.37. The Kier molecular flexibility index (Phi) is 7.13. The van der Waals surface area contributed by atoms with E-state index in [4.69, 9.17) is 11.6 Å². The molecule has 0 radical (unpaired) electrons. The maximum absolute atomic E-state index is 13.3. The Morgan fingerprint density at radius 3 is 2.57 bits per heavy atom. The van der Waals surface area contributed by atoms with Crippen molar-refractivity contribution < 1.29 is 4.79 Å². The summed E-state index contributed by atoms with van der Waals surface area (Å²) in [5.41, 5.74) is 1.80. The molecule has 0 aliphatic carbocycles. The van der Waals surface area contributed by atoms with Gasteiger partial charge in [-0.05, 0) is 36.8 Å². The Morgan fingerprint density at radius 2 is 1.87 bits per heavy atom. The number of carbonyl (C=O) groups excluding carboxylic acids is 1. The van der Waals surface area contributed by atoms with Crippen molar-refractivity contribution in [3.8, 4) is 5.69 Å². The van der Waals surface area contributed by atoms with E-state index in [1.165, 1.54) is 16.3 Å². The zero-order valence-electron chi connectivity index (χ0n) is 16.7. The number of benzene rings is 2. The fourth-order valence-corrected chi connectivity index (χ4v) is 4.15. The number of hydrogen-bond acceptors (Lipinski definition) is 4. The van der Waals surface area contributed by atoms with E-state index in [0.29, 0.717) is 39.9 Å². The Labute approximate surface area is 184 Å². The molecule has 0 atom stereocenters. The molecule has 2 aromatic carbocycles. The number of halogens is 1. The molecule has 0 aliphatic rings. The normalized spacial score (nSPS) is 10.7. The molecule has 0 unspecified atom stereocenters. The molecule has 0 aliphatic heterocycles. The summed E-state index contributed by atoms with van der Waals surface area (Å²) in [7, 11) is 0. The molecule has 154 valence electrons. The number of rotatable bonds is 8. The lowest BCUT2D eigenvalue weighted by Gasteiger charge is -2.20. The van der Waals surface area contributed by atoms with Crippen molar-refractivity contribution in [2.24, 2.45) is 0 Å². The van der Waals surface area contributed by atoms with E-state index in [1.54, 1.807) is 47.4 Å². The lowest BCUT2D eigenvalue weighted by molar-refractivity contribution is -0.127. The summed E-state index contributed by atoms with van der Waals surface area (Å²) in [6, 6.07) is 12.6. The molecule has 1 amide bonds. The molecule has 5 nitrogen and oxygen atoms in total. The van der Waals surface area contributed by atoms with Crippen LogP contribution in [-0.4, -0.2) is 39.2 Å². The van der Waals surface area contributed by atoms with Crippen LogP contribution >= 0.6 is 23.4 Å². The van der Waals surface area contributed by atoms with Gasteiger partial charge in [-0.3, -0.25) is 14.2 Å². The smallest absolute Gasteiger partial charge is 0.266 e. The quantitative estimate of drug-likeness (QED) is 0.291. The Hall–Kier alpha value is -2.83. The molecule has 0 saturated heterocycles. The molecule has 0 spiro atoms. The maximum Gasteiger partial charge on any atom is 0.266 e. The van der Waals surface area contributed by atoms with Gasteiger partial charge in [-0.25, -0.2) is 4.98 Å². The Morgan fingerprint density at radius 1 is 1.17 bits per heavy atom. The molecule has 3 aromatic rings. The van der Waals surface area contributed by atoms with E-state index in [-0.39, 0.29) is 17.2 Å². The van der Waals surface area contributed by atoms with Crippen LogP contribution in [0.25, 0.3) is 16.6 Å². The summed E-state index contributed by atoms with van der Waals surface area (Å²) in [4.78, 5) is 32.3. The third-order valence-electron chi connectivity index (χ3n) is 4.60. The Balaban J connectivity index is 2.08. The van der Waals surface area contributed by atoms with Crippen LogP contribution in [0.5, 0.6) is 0 Å². The zero-order chi connectivity index (χ0) is 21.7. The van der Waals surface area contributed by atoms with Crippen LogP contribution in [0.3, 0.4) is 0 Å². The van der Waals surface area contributed by atoms with Gasteiger partial charge in [0.15, 0.2) is 5.16 Å². The molecule has 1 heterocycles. The van der Waals surface area contributed by atoms with E-state index in [1.807, 2.05) is 19.1 Å². The van der Waals surface area contributed by atoms with E-state index < -0.39 is 0 Å². The number of aromatic nitrogens is 2. The molecule has 7 heteroatoms. The first-order chi connectivity index (χ1) is 14.5. The van der Waals surface area contributed by atoms with Crippen LogP contribution in [0, 0.1) is 6.92 Å². The number of fused-ring (bicyclic) bond motifs is 1. The highest BCUT2D eigenvalue weighted by atomic mass is 35.5. The average Bonchev–Trinajstić information content (AvgIpc) is 2.74. The highest BCUT2D eigenvalue weighted by molar-refractivity contribution is 7.99.